The lowest BCUT2D eigenvalue weighted by Gasteiger charge is -2.18. The molecular formula is C16H19FN2OS. The van der Waals surface area contributed by atoms with Gasteiger partial charge in [-0.05, 0) is 30.2 Å². The number of thioether (sulfide) groups is 1. The Balaban J connectivity index is 1.87. The highest BCUT2D eigenvalue weighted by atomic mass is 32.2. The molecule has 0 aliphatic heterocycles. The molecule has 0 aliphatic rings. The second-order valence-electron chi connectivity index (χ2n) is 4.95. The van der Waals surface area contributed by atoms with Gasteiger partial charge in [-0.1, -0.05) is 30.3 Å². The van der Waals surface area contributed by atoms with Crippen LogP contribution in [0.15, 0.2) is 53.4 Å². The third-order valence-electron chi connectivity index (χ3n) is 3.12. The molecule has 2 rings (SSSR count). The first kappa shape index (κ1) is 15.8. The first-order valence-corrected chi connectivity index (χ1v) is 7.69. The standard InChI is InChI=1S/C16H19FN2OS/c17-12-7-13(18)9-14(8-12)21-10-16(20)15(19)6-11-4-2-1-3-5-11/h1-5,7-9,15-16,20H,6,10,18-19H2. The second-order valence-corrected chi connectivity index (χ2v) is 6.05. The molecule has 0 fully saturated rings. The van der Waals surface area contributed by atoms with Crippen molar-refractivity contribution in [3.05, 3.63) is 59.9 Å². The van der Waals surface area contributed by atoms with Crippen LogP contribution in [-0.2, 0) is 6.42 Å². The SMILES string of the molecule is Nc1cc(F)cc(SCC(O)C(N)Cc2ccccc2)c1. The van der Waals surface area contributed by atoms with Crippen LogP contribution in [-0.4, -0.2) is 23.0 Å². The summed E-state index contributed by atoms with van der Waals surface area (Å²) in [5.74, 6) is 0.0252. The summed E-state index contributed by atoms with van der Waals surface area (Å²) in [6.45, 7) is 0. The molecule has 0 aliphatic carbocycles. The first-order valence-electron chi connectivity index (χ1n) is 6.71. The minimum Gasteiger partial charge on any atom is -0.399 e. The largest absolute Gasteiger partial charge is 0.399 e. The highest BCUT2D eigenvalue weighted by molar-refractivity contribution is 7.99. The van der Waals surface area contributed by atoms with E-state index in [0.29, 0.717) is 22.8 Å². The number of hydrogen-bond donors (Lipinski definition) is 3. The van der Waals surface area contributed by atoms with Crippen molar-refractivity contribution >= 4 is 17.4 Å². The molecular weight excluding hydrogens is 287 g/mol. The molecule has 112 valence electrons. The van der Waals surface area contributed by atoms with Gasteiger partial charge in [0.2, 0.25) is 0 Å². The van der Waals surface area contributed by atoms with Gasteiger partial charge in [0.25, 0.3) is 0 Å². The van der Waals surface area contributed by atoms with E-state index in [1.807, 2.05) is 30.3 Å². The Bertz CT molecular complexity index is 559. The van der Waals surface area contributed by atoms with E-state index < -0.39 is 6.10 Å². The Morgan fingerprint density at radius 3 is 2.52 bits per heavy atom. The van der Waals surface area contributed by atoms with Crippen molar-refractivity contribution in [2.45, 2.75) is 23.5 Å². The lowest BCUT2D eigenvalue weighted by atomic mass is 10.0. The van der Waals surface area contributed by atoms with Crippen LogP contribution in [0.5, 0.6) is 0 Å². The minimum absolute atomic E-state index is 0.356. The molecule has 3 nitrogen and oxygen atoms in total. The van der Waals surface area contributed by atoms with Crippen LogP contribution >= 0.6 is 11.8 Å². The molecule has 21 heavy (non-hydrogen) atoms. The third-order valence-corrected chi connectivity index (χ3v) is 4.20. The fourth-order valence-electron chi connectivity index (χ4n) is 2.00. The fraction of sp³-hybridized carbons (Fsp3) is 0.250. The second kappa shape index (κ2) is 7.45. The average Bonchev–Trinajstić information content (AvgIpc) is 2.44. The number of hydrogen-bond acceptors (Lipinski definition) is 4. The average molecular weight is 306 g/mol. The molecule has 0 saturated carbocycles. The number of anilines is 1. The van der Waals surface area contributed by atoms with Crippen molar-refractivity contribution in [1.29, 1.82) is 0 Å². The molecule has 0 heterocycles. The van der Waals surface area contributed by atoms with Gasteiger partial charge < -0.3 is 16.6 Å². The summed E-state index contributed by atoms with van der Waals surface area (Å²) in [4.78, 5) is 0.693. The van der Waals surface area contributed by atoms with Crippen LogP contribution in [0.1, 0.15) is 5.56 Å². The maximum Gasteiger partial charge on any atom is 0.126 e. The lowest BCUT2D eigenvalue weighted by Crippen LogP contribution is -2.38. The van der Waals surface area contributed by atoms with Gasteiger partial charge in [0, 0.05) is 22.4 Å². The van der Waals surface area contributed by atoms with Gasteiger partial charge in [-0.25, -0.2) is 4.39 Å². The molecule has 2 atom stereocenters. The van der Waals surface area contributed by atoms with E-state index in [2.05, 4.69) is 0 Å². The zero-order chi connectivity index (χ0) is 15.2. The summed E-state index contributed by atoms with van der Waals surface area (Å²) in [5.41, 5.74) is 13.1. The van der Waals surface area contributed by atoms with Gasteiger partial charge >= 0.3 is 0 Å². The molecule has 0 saturated heterocycles. The summed E-state index contributed by atoms with van der Waals surface area (Å²) in [6, 6.07) is 13.8. The zero-order valence-corrected chi connectivity index (χ0v) is 12.4. The van der Waals surface area contributed by atoms with Crippen molar-refractivity contribution in [2.24, 2.45) is 5.73 Å². The highest BCUT2D eigenvalue weighted by Gasteiger charge is 2.16. The van der Waals surface area contributed by atoms with Crippen molar-refractivity contribution in [2.75, 3.05) is 11.5 Å². The molecule has 0 aromatic heterocycles. The van der Waals surface area contributed by atoms with Crippen molar-refractivity contribution in [3.8, 4) is 0 Å². The van der Waals surface area contributed by atoms with E-state index in [9.17, 15) is 9.50 Å². The Kier molecular flexibility index (Phi) is 5.61. The Morgan fingerprint density at radius 1 is 1.14 bits per heavy atom. The number of benzene rings is 2. The van der Waals surface area contributed by atoms with Crippen LogP contribution in [0.4, 0.5) is 10.1 Å². The predicted octanol–water partition coefficient (Wildman–Crippen LogP) is 2.43. The Hall–Kier alpha value is -1.56. The maximum absolute atomic E-state index is 13.2. The number of nitrogens with two attached hydrogens (primary N) is 2. The number of nitrogen functional groups attached to an aromatic ring is 1. The van der Waals surface area contributed by atoms with Gasteiger partial charge in [0.05, 0.1) is 6.10 Å². The van der Waals surface area contributed by atoms with Crippen LogP contribution < -0.4 is 11.5 Å². The van der Waals surface area contributed by atoms with Crippen molar-refractivity contribution < 1.29 is 9.50 Å². The van der Waals surface area contributed by atoms with Crippen LogP contribution in [0, 0.1) is 5.82 Å². The summed E-state index contributed by atoms with van der Waals surface area (Å²) in [6.07, 6.45) is -0.0619. The summed E-state index contributed by atoms with van der Waals surface area (Å²) >= 11 is 1.35. The summed E-state index contributed by atoms with van der Waals surface area (Å²) in [5, 5.41) is 10.1. The van der Waals surface area contributed by atoms with E-state index >= 15 is 0 Å². The van der Waals surface area contributed by atoms with E-state index in [4.69, 9.17) is 11.5 Å². The van der Waals surface area contributed by atoms with Crippen molar-refractivity contribution in [1.82, 2.24) is 0 Å². The van der Waals surface area contributed by atoms with Crippen LogP contribution in [0.3, 0.4) is 0 Å². The summed E-state index contributed by atoms with van der Waals surface area (Å²) < 4.78 is 13.2. The molecule has 2 aromatic carbocycles. The molecule has 5 heteroatoms. The molecule has 0 radical (unpaired) electrons. The van der Waals surface area contributed by atoms with E-state index in [1.54, 1.807) is 6.07 Å². The molecule has 0 bridgehead atoms. The molecule has 2 unspecified atom stereocenters. The van der Waals surface area contributed by atoms with Crippen LogP contribution in [0.25, 0.3) is 0 Å². The van der Waals surface area contributed by atoms with Crippen molar-refractivity contribution in [3.63, 3.8) is 0 Å². The fourth-order valence-corrected chi connectivity index (χ4v) is 3.02. The molecule has 5 N–H and O–H groups in total. The van der Waals surface area contributed by atoms with Gasteiger partial charge in [-0.3, -0.25) is 0 Å². The number of aliphatic hydroxyl groups excluding tert-OH is 1. The van der Waals surface area contributed by atoms with Gasteiger partial charge in [-0.2, -0.15) is 0 Å². The quantitative estimate of drug-likeness (QED) is 0.566. The molecule has 0 spiro atoms. The van der Waals surface area contributed by atoms with Gasteiger partial charge in [0.1, 0.15) is 5.82 Å². The van der Waals surface area contributed by atoms with Gasteiger partial charge in [-0.15, -0.1) is 11.8 Å². The number of halogens is 1. The molecule has 2 aromatic rings. The number of aliphatic hydroxyl groups is 1. The Labute approximate surface area is 128 Å². The maximum atomic E-state index is 13.2. The predicted molar refractivity (Wildman–Crippen MR) is 85.7 cm³/mol. The first-order chi connectivity index (χ1) is 10.0. The van der Waals surface area contributed by atoms with E-state index in [0.717, 1.165) is 5.56 Å². The minimum atomic E-state index is -0.667. The summed E-state index contributed by atoms with van der Waals surface area (Å²) in [7, 11) is 0. The molecule has 0 amide bonds. The smallest absolute Gasteiger partial charge is 0.126 e. The monoisotopic (exact) mass is 306 g/mol. The van der Waals surface area contributed by atoms with Gasteiger partial charge in [0.15, 0.2) is 0 Å². The zero-order valence-electron chi connectivity index (χ0n) is 11.6. The lowest BCUT2D eigenvalue weighted by molar-refractivity contribution is 0.167. The van der Waals surface area contributed by atoms with E-state index in [-0.39, 0.29) is 11.9 Å². The Morgan fingerprint density at radius 2 is 1.86 bits per heavy atom. The van der Waals surface area contributed by atoms with E-state index in [1.165, 1.54) is 23.9 Å². The normalized spacial score (nSPS) is 13.9. The van der Waals surface area contributed by atoms with Crippen LogP contribution in [0.2, 0.25) is 0 Å². The number of rotatable bonds is 6. The highest BCUT2D eigenvalue weighted by Crippen LogP contribution is 2.23. The third kappa shape index (κ3) is 5.04. The topological polar surface area (TPSA) is 72.3 Å².